The number of nitrogens with two attached hydrogens (primary N) is 1. The fraction of sp³-hybridized carbons (Fsp3) is 0.310. The molecule has 1 fully saturated rings. The molecule has 13 heteroatoms. The van der Waals surface area contributed by atoms with E-state index < -0.39 is 26.6 Å². The van der Waals surface area contributed by atoms with Crippen molar-refractivity contribution in [2.24, 2.45) is 10.7 Å². The highest BCUT2D eigenvalue weighted by Crippen LogP contribution is 2.34. The van der Waals surface area contributed by atoms with Gasteiger partial charge in [-0.2, -0.15) is 0 Å². The van der Waals surface area contributed by atoms with Gasteiger partial charge in [0, 0.05) is 43.0 Å². The van der Waals surface area contributed by atoms with Crippen molar-refractivity contribution in [3.8, 4) is 5.88 Å². The molecule has 1 aromatic heterocycles. The summed E-state index contributed by atoms with van der Waals surface area (Å²) in [7, 11) is -3.14. The number of sulfonamides is 1. The van der Waals surface area contributed by atoms with E-state index >= 15 is 0 Å². The number of benzene rings is 1. The Bertz CT molecular complexity index is 1590. The summed E-state index contributed by atoms with van der Waals surface area (Å²) in [4.78, 5) is 10.2. The zero-order valence-electron chi connectivity index (χ0n) is 23.6. The molecule has 4 rings (SSSR count). The Balaban J connectivity index is 1.71. The number of aliphatic imine (C=N–C) groups is 1. The Hall–Kier alpha value is -4.07. The molecule has 10 nitrogen and oxygen atoms in total. The second kappa shape index (κ2) is 13.3. The number of methoxy groups -OCH3 is 1. The van der Waals surface area contributed by atoms with Gasteiger partial charge in [0.2, 0.25) is 5.88 Å². The van der Waals surface area contributed by atoms with Gasteiger partial charge in [-0.25, -0.2) is 27.2 Å². The first-order chi connectivity index (χ1) is 20.0. The van der Waals surface area contributed by atoms with Gasteiger partial charge in [0.1, 0.15) is 46.1 Å². The summed E-state index contributed by atoms with van der Waals surface area (Å²) in [5.74, 6) is -1.61. The first kappa shape index (κ1) is 30.9. The van der Waals surface area contributed by atoms with Gasteiger partial charge in [0.15, 0.2) is 0 Å². The Morgan fingerprint density at radius 3 is 2.60 bits per heavy atom. The maximum absolute atomic E-state index is 14.3. The molecule has 0 radical (unpaired) electrons. The Morgan fingerprint density at radius 2 is 1.95 bits per heavy atom. The molecule has 1 aromatic carbocycles. The number of nitrogens with one attached hydrogen (secondary N) is 1. The number of allylic oxidation sites excluding steroid dienone is 5. The van der Waals surface area contributed by atoms with Gasteiger partial charge in [0.25, 0.3) is 10.0 Å². The standard InChI is InChI=1S/C29H33F2N5O5S/c1-18(2)23-13-20(15-26(28(23)34-19(3)32)41-12-9-36-7-10-40-11-8-36)21-14-25(29(39-4)33-17-21)35-42(37,38)27-6-5-22(30)16-24(27)31/h5-6,13-17,35H,3,7-12,32H2,1-2,4H3. The Kier molecular flexibility index (Phi) is 9.76. The first-order valence-electron chi connectivity index (χ1n) is 13.1. The van der Waals surface area contributed by atoms with Crippen molar-refractivity contribution < 1.29 is 31.4 Å². The summed E-state index contributed by atoms with van der Waals surface area (Å²) in [5.41, 5.74) is 9.13. The van der Waals surface area contributed by atoms with E-state index in [1.165, 1.54) is 19.4 Å². The number of nitrogens with zero attached hydrogens (tertiary/aromatic N) is 3. The van der Waals surface area contributed by atoms with Crippen LogP contribution in [0.1, 0.15) is 19.4 Å². The molecule has 1 aliphatic carbocycles. The lowest BCUT2D eigenvalue weighted by atomic mass is 9.92. The molecule has 2 aromatic rings. The van der Waals surface area contributed by atoms with Crippen LogP contribution in [0.3, 0.4) is 0 Å². The van der Waals surface area contributed by atoms with Crippen LogP contribution in [0.25, 0.3) is 5.57 Å². The predicted octanol–water partition coefficient (Wildman–Crippen LogP) is 4.01. The smallest absolute Gasteiger partial charge is 0.264 e. The molecule has 42 heavy (non-hydrogen) atoms. The lowest BCUT2D eigenvalue weighted by molar-refractivity contribution is 0.0284. The molecule has 3 N–H and O–H groups in total. The van der Waals surface area contributed by atoms with Gasteiger partial charge in [-0.1, -0.05) is 12.2 Å². The lowest BCUT2D eigenvalue weighted by Crippen LogP contribution is -2.38. The largest absolute Gasteiger partial charge is 0.490 e. The molecular formula is C29H33F2N5O5S. The maximum Gasteiger partial charge on any atom is 0.264 e. The van der Waals surface area contributed by atoms with E-state index in [0.717, 1.165) is 36.4 Å². The third kappa shape index (κ3) is 7.41. The van der Waals surface area contributed by atoms with E-state index in [1.54, 1.807) is 6.08 Å². The van der Waals surface area contributed by atoms with E-state index in [1.807, 2.05) is 19.9 Å². The number of aromatic nitrogens is 1. The number of ether oxygens (including phenoxy) is 3. The molecule has 2 aliphatic rings. The third-order valence-corrected chi connectivity index (χ3v) is 7.84. The zero-order valence-corrected chi connectivity index (χ0v) is 24.4. The second-order valence-electron chi connectivity index (χ2n) is 9.74. The average Bonchev–Trinajstić information content (AvgIpc) is 2.93. The van der Waals surface area contributed by atoms with E-state index in [-0.39, 0.29) is 17.4 Å². The van der Waals surface area contributed by atoms with Gasteiger partial charge >= 0.3 is 0 Å². The Morgan fingerprint density at radius 1 is 1.21 bits per heavy atom. The minimum atomic E-state index is -4.46. The van der Waals surface area contributed by atoms with Crippen LogP contribution in [0.2, 0.25) is 0 Å². The van der Waals surface area contributed by atoms with Crippen molar-refractivity contribution in [1.82, 2.24) is 9.88 Å². The minimum Gasteiger partial charge on any atom is -0.490 e. The quantitative estimate of drug-likeness (QED) is 0.418. The molecule has 0 atom stereocenters. The fourth-order valence-corrected chi connectivity index (χ4v) is 5.48. The van der Waals surface area contributed by atoms with Gasteiger partial charge in [0.05, 0.1) is 20.3 Å². The molecule has 0 bridgehead atoms. The number of hydrogen-bond acceptors (Lipinski definition) is 9. The van der Waals surface area contributed by atoms with Crippen molar-refractivity contribution in [3.05, 3.63) is 89.1 Å². The number of halogens is 2. The van der Waals surface area contributed by atoms with Crippen LogP contribution in [0, 0.1) is 11.6 Å². The molecule has 0 amide bonds. The molecule has 0 spiro atoms. The zero-order chi connectivity index (χ0) is 30.4. The number of anilines is 1. The minimum absolute atomic E-state index is 0.0450. The lowest BCUT2D eigenvalue weighted by Gasteiger charge is -2.27. The van der Waals surface area contributed by atoms with Gasteiger partial charge in [-0.3, -0.25) is 9.62 Å². The highest BCUT2D eigenvalue weighted by Gasteiger charge is 2.25. The van der Waals surface area contributed by atoms with E-state index in [2.05, 4.69) is 26.2 Å². The van der Waals surface area contributed by atoms with Crippen LogP contribution < -0.4 is 15.2 Å². The SMILES string of the molecule is C=C(N)N=C1C(OCCN2CCOCC2)=CC(c2cnc(OC)c(NS(=O)(=O)c3ccc(F)cc3F)c2)=CC1=C(C)C. The topological polar surface area (TPSA) is 128 Å². The van der Waals surface area contributed by atoms with Crippen molar-refractivity contribution in [2.75, 3.05) is 51.3 Å². The van der Waals surface area contributed by atoms with Gasteiger partial charge < -0.3 is 19.9 Å². The number of pyridine rings is 1. The molecule has 1 aliphatic heterocycles. The average molecular weight is 602 g/mol. The molecule has 224 valence electrons. The second-order valence-corrected chi connectivity index (χ2v) is 11.4. The summed E-state index contributed by atoms with van der Waals surface area (Å²) >= 11 is 0. The highest BCUT2D eigenvalue weighted by molar-refractivity contribution is 7.92. The molecule has 2 heterocycles. The summed E-state index contributed by atoms with van der Waals surface area (Å²) < 4.78 is 73.0. The summed E-state index contributed by atoms with van der Waals surface area (Å²) in [6.07, 6.45) is 5.12. The van der Waals surface area contributed by atoms with Gasteiger partial charge in [-0.15, -0.1) is 0 Å². The third-order valence-electron chi connectivity index (χ3n) is 6.44. The predicted molar refractivity (Wildman–Crippen MR) is 156 cm³/mol. The van der Waals surface area contributed by atoms with Crippen molar-refractivity contribution in [3.63, 3.8) is 0 Å². The highest BCUT2D eigenvalue weighted by atomic mass is 32.2. The first-order valence-corrected chi connectivity index (χ1v) is 14.6. The monoisotopic (exact) mass is 601 g/mol. The van der Waals surface area contributed by atoms with Crippen molar-refractivity contribution in [2.45, 2.75) is 18.7 Å². The number of hydrogen-bond donors (Lipinski definition) is 2. The van der Waals surface area contributed by atoms with E-state index in [0.29, 0.717) is 55.0 Å². The maximum atomic E-state index is 14.3. The normalized spacial score (nSPS) is 17.0. The molecule has 0 unspecified atom stereocenters. The molecule has 1 saturated heterocycles. The Labute approximate surface area is 243 Å². The van der Waals surface area contributed by atoms with E-state index in [9.17, 15) is 17.2 Å². The van der Waals surface area contributed by atoms with Crippen LogP contribution in [0.5, 0.6) is 5.88 Å². The van der Waals surface area contributed by atoms with Crippen LogP contribution in [-0.4, -0.2) is 70.6 Å². The number of morpholine rings is 1. The molecule has 0 saturated carbocycles. The summed E-state index contributed by atoms with van der Waals surface area (Å²) in [5, 5.41) is 0. The van der Waals surface area contributed by atoms with Crippen molar-refractivity contribution in [1.29, 1.82) is 0 Å². The molecular weight excluding hydrogens is 568 g/mol. The summed E-state index contributed by atoms with van der Waals surface area (Å²) in [6, 6.07) is 3.70. The van der Waals surface area contributed by atoms with Crippen LogP contribution in [0.4, 0.5) is 14.5 Å². The van der Waals surface area contributed by atoms with Crippen LogP contribution in [0.15, 0.2) is 81.8 Å². The van der Waals surface area contributed by atoms with Gasteiger partial charge in [-0.05, 0) is 49.8 Å². The number of rotatable bonds is 10. The van der Waals surface area contributed by atoms with Crippen LogP contribution in [-0.2, 0) is 19.5 Å². The fourth-order valence-electron chi connectivity index (χ4n) is 4.37. The van der Waals surface area contributed by atoms with Crippen molar-refractivity contribution >= 4 is 27.0 Å². The summed E-state index contributed by atoms with van der Waals surface area (Å²) in [6.45, 7) is 11.6. The van der Waals surface area contributed by atoms with E-state index in [4.69, 9.17) is 19.9 Å². The van der Waals surface area contributed by atoms with Crippen LogP contribution >= 0.6 is 0 Å².